The standard InChI is InChI=1S/C17H19ClN4O3S/c1-11-13-9-12(18)3-4-15(13)25-17(11)26(23,24)22-8-5-19-10-14(22)16-20-6-7-21(16)2/h3-4,6-7,9,14,19H,5,8,10H2,1-2H3. The van der Waals surface area contributed by atoms with Gasteiger partial charge in [-0.3, -0.25) is 0 Å². The third-order valence-electron chi connectivity index (χ3n) is 4.75. The van der Waals surface area contributed by atoms with E-state index in [1.54, 1.807) is 31.3 Å². The molecule has 1 fully saturated rings. The average Bonchev–Trinajstić information content (AvgIpc) is 3.19. The van der Waals surface area contributed by atoms with Crippen molar-refractivity contribution in [3.05, 3.63) is 47.0 Å². The van der Waals surface area contributed by atoms with Gasteiger partial charge in [-0.2, -0.15) is 4.31 Å². The van der Waals surface area contributed by atoms with E-state index in [0.29, 0.717) is 47.0 Å². The van der Waals surface area contributed by atoms with Crippen molar-refractivity contribution in [1.29, 1.82) is 0 Å². The summed E-state index contributed by atoms with van der Waals surface area (Å²) in [4.78, 5) is 4.34. The Morgan fingerprint density at radius 3 is 2.92 bits per heavy atom. The summed E-state index contributed by atoms with van der Waals surface area (Å²) in [6.45, 7) is 3.16. The van der Waals surface area contributed by atoms with Crippen molar-refractivity contribution >= 4 is 32.6 Å². The summed E-state index contributed by atoms with van der Waals surface area (Å²) in [5.74, 6) is 0.692. The van der Waals surface area contributed by atoms with Gasteiger partial charge >= 0.3 is 0 Å². The van der Waals surface area contributed by atoms with E-state index in [0.717, 1.165) is 0 Å². The van der Waals surface area contributed by atoms with Gasteiger partial charge in [-0.15, -0.1) is 0 Å². The molecule has 0 bridgehead atoms. The highest BCUT2D eigenvalue weighted by atomic mass is 35.5. The Kier molecular flexibility index (Phi) is 4.31. The first-order valence-corrected chi connectivity index (χ1v) is 10.1. The highest BCUT2D eigenvalue weighted by Crippen LogP contribution is 2.35. The predicted molar refractivity (Wildman–Crippen MR) is 98.7 cm³/mol. The van der Waals surface area contributed by atoms with E-state index in [1.807, 2.05) is 17.8 Å². The van der Waals surface area contributed by atoms with E-state index in [4.69, 9.17) is 16.0 Å². The Balaban J connectivity index is 1.82. The minimum atomic E-state index is -3.83. The lowest BCUT2D eigenvalue weighted by molar-refractivity contribution is 0.253. The lowest BCUT2D eigenvalue weighted by Gasteiger charge is -2.34. The topological polar surface area (TPSA) is 80.4 Å². The normalized spacial score (nSPS) is 19.3. The summed E-state index contributed by atoms with van der Waals surface area (Å²) in [6.07, 6.45) is 3.48. The van der Waals surface area contributed by atoms with E-state index in [-0.39, 0.29) is 5.09 Å². The summed E-state index contributed by atoms with van der Waals surface area (Å²) >= 11 is 6.05. The van der Waals surface area contributed by atoms with Crippen molar-refractivity contribution in [3.8, 4) is 0 Å². The van der Waals surface area contributed by atoms with Crippen LogP contribution in [0.2, 0.25) is 5.02 Å². The molecule has 1 unspecified atom stereocenters. The molecule has 0 saturated carbocycles. The van der Waals surface area contributed by atoms with Gasteiger partial charge in [0, 0.05) is 55.0 Å². The molecule has 0 spiro atoms. The molecule has 3 heterocycles. The van der Waals surface area contributed by atoms with Crippen molar-refractivity contribution in [1.82, 2.24) is 19.2 Å². The number of nitrogens with zero attached hydrogens (tertiary/aromatic N) is 3. The number of aromatic nitrogens is 2. The van der Waals surface area contributed by atoms with E-state index in [2.05, 4.69) is 10.3 Å². The zero-order valence-electron chi connectivity index (χ0n) is 14.4. The molecule has 1 saturated heterocycles. The molecule has 1 aliphatic rings. The van der Waals surface area contributed by atoms with Gasteiger partial charge in [0.2, 0.25) is 5.09 Å². The van der Waals surface area contributed by atoms with Crippen LogP contribution >= 0.6 is 11.6 Å². The molecule has 0 aliphatic carbocycles. The molecular weight excluding hydrogens is 376 g/mol. The number of aryl methyl sites for hydroxylation is 2. The van der Waals surface area contributed by atoms with Crippen molar-refractivity contribution in [2.24, 2.45) is 7.05 Å². The lowest BCUT2D eigenvalue weighted by atomic mass is 10.2. The van der Waals surface area contributed by atoms with Crippen LogP contribution in [-0.4, -0.2) is 41.9 Å². The maximum absolute atomic E-state index is 13.4. The SMILES string of the molecule is Cc1c(S(=O)(=O)N2CCNCC2c2nccn2C)oc2ccc(Cl)cc12. The van der Waals surface area contributed by atoms with Crippen LogP contribution in [0.5, 0.6) is 0 Å². The number of halogens is 1. The number of fused-ring (bicyclic) bond motifs is 1. The summed E-state index contributed by atoms with van der Waals surface area (Å²) in [6, 6.07) is 4.70. The first-order chi connectivity index (χ1) is 12.4. The highest BCUT2D eigenvalue weighted by Gasteiger charge is 2.39. The maximum atomic E-state index is 13.4. The molecule has 0 amide bonds. The van der Waals surface area contributed by atoms with Crippen molar-refractivity contribution in [3.63, 3.8) is 0 Å². The van der Waals surface area contributed by atoms with Crippen molar-refractivity contribution < 1.29 is 12.8 Å². The van der Waals surface area contributed by atoms with E-state index < -0.39 is 16.1 Å². The maximum Gasteiger partial charge on any atom is 0.277 e. The molecule has 1 aliphatic heterocycles. The third-order valence-corrected chi connectivity index (χ3v) is 6.90. The Morgan fingerprint density at radius 1 is 1.38 bits per heavy atom. The average molecular weight is 395 g/mol. The van der Waals surface area contributed by atoms with Crippen molar-refractivity contribution in [2.75, 3.05) is 19.6 Å². The molecule has 1 N–H and O–H groups in total. The second-order valence-electron chi connectivity index (χ2n) is 6.39. The van der Waals surface area contributed by atoms with Crippen LogP contribution in [0.3, 0.4) is 0 Å². The van der Waals surface area contributed by atoms with Gasteiger partial charge < -0.3 is 14.3 Å². The fraction of sp³-hybridized carbons (Fsp3) is 0.353. The van der Waals surface area contributed by atoms with E-state index in [1.165, 1.54) is 4.31 Å². The summed E-state index contributed by atoms with van der Waals surface area (Å²) in [7, 11) is -1.97. The number of rotatable bonds is 3. The first-order valence-electron chi connectivity index (χ1n) is 8.28. The largest absolute Gasteiger partial charge is 0.443 e. The van der Waals surface area contributed by atoms with Crippen LogP contribution in [0, 0.1) is 6.92 Å². The minimum absolute atomic E-state index is 0.0316. The van der Waals surface area contributed by atoms with Gasteiger partial charge in [-0.25, -0.2) is 13.4 Å². The first kappa shape index (κ1) is 17.5. The Hall–Kier alpha value is -1.87. The number of hydrogen-bond donors (Lipinski definition) is 1. The van der Waals surface area contributed by atoms with Gasteiger partial charge in [-0.1, -0.05) is 11.6 Å². The molecule has 1 aromatic carbocycles. The number of furan rings is 1. The van der Waals surface area contributed by atoms with Gasteiger partial charge in [0.1, 0.15) is 11.4 Å². The molecule has 26 heavy (non-hydrogen) atoms. The second-order valence-corrected chi connectivity index (χ2v) is 8.61. The number of imidazole rings is 1. The predicted octanol–water partition coefficient (Wildman–Crippen LogP) is 2.46. The van der Waals surface area contributed by atoms with Crippen LogP contribution < -0.4 is 5.32 Å². The van der Waals surface area contributed by atoms with Gasteiger partial charge in [-0.05, 0) is 25.1 Å². The Bertz CT molecular complexity index is 1070. The van der Waals surface area contributed by atoms with Gasteiger partial charge in [0.25, 0.3) is 10.0 Å². The van der Waals surface area contributed by atoms with Crippen molar-refractivity contribution in [2.45, 2.75) is 18.1 Å². The zero-order chi connectivity index (χ0) is 18.5. The second kappa shape index (κ2) is 6.38. The molecule has 9 heteroatoms. The lowest BCUT2D eigenvalue weighted by Crippen LogP contribution is -2.49. The fourth-order valence-electron chi connectivity index (χ4n) is 3.41. The van der Waals surface area contributed by atoms with Gasteiger partial charge in [0.05, 0.1) is 6.04 Å². The zero-order valence-corrected chi connectivity index (χ0v) is 16.0. The van der Waals surface area contributed by atoms with Crippen LogP contribution in [-0.2, 0) is 17.1 Å². The van der Waals surface area contributed by atoms with Crippen LogP contribution in [0.1, 0.15) is 17.4 Å². The number of piperazine rings is 1. The summed E-state index contributed by atoms with van der Waals surface area (Å²) in [5.41, 5.74) is 1.08. The van der Waals surface area contributed by atoms with Crippen LogP contribution in [0.25, 0.3) is 11.0 Å². The molecule has 2 aromatic heterocycles. The molecule has 4 rings (SSSR count). The number of benzene rings is 1. The monoisotopic (exact) mass is 394 g/mol. The minimum Gasteiger partial charge on any atom is -0.443 e. The quantitative estimate of drug-likeness (QED) is 0.738. The van der Waals surface area contributed by atoms with Gasteiger partial charge in [0.15, 0.2) is 0 Å². The molecule has 0 radical (unpaired) electrons. The number of hydrogen-bond acceptors (Lipinski definition) is 5. The van der Waals surface area contributed by atoms with E-state index in [9.17, 15) is 8.42 Å². The summed E-state index contributed by atoms with van der Waals surface area (Å²) < 4.78 is 35.9. The van der Waals surface area contributed by atoms with E-state index >= 15 is 0 Å². The van der Waals surface area contributed by atoms with Crippen LogP contribution in [0.15, 0.2) is 40.1 Å². The number of nitrogens with one attached hydrogen (secondary N) is 1. The molecule has 3 aromatic rings. The molecule has 138 valence electrons. The number of sulfonamides is 1. The third kappa shape index (κ3) is 2.73. The Labute approximate surface area is 156 Å². The van der Waals surface area contributed by atoms with Crippen LogP contribution in [0.4, 0.5) is 0 Å². The fourth-order valence-corrected chi connectivity index (χ4v) is 5.33. The Morgan fingerprint density at radius 2 is 2.19 bits per heavy atom. The molecule has 1 atom stereocenters. The highest BCUT2D eigenvalue weighted by molar-refractivity contribution is 7.89. The molecular formula is C17H19ClN4O3S. The smallest absolute Gasteiger partial charge is 0.277 e. The molecule has 7 nitrogen and oxygen atoms in total. The summed E-state index contributed by atoms with van der Waals surface area (Å²) in [5, 5.41) is 4.46.